The largest absolute Gasteiger partial charge is 0.454 e. The van der Waals surface area contributed by atoms with E-state index in [2.05, 4.69) is 252 Å². The number of hydrogen-bond donors (Lipinski definition) is 0. The average Bonchev–Trinajstić information content (AvgIpc) is 3.96. The SMILES string of the molecule is c1cc(-c2ccc(N(c3ccc(-c4ccc(-c5cccc(-n6c7ccccc7c7ccccc76)c5)cc4)cc3)c3cccc4c3oc3ccccc34)cc2)cc(-c2ccc3ccccc3c2)c1. The van der Waals surface area contributed by atoms with Crippen LogP contribution in [0.4, 0.5) is 17.1 Å². The van der Waals surface area contributed by atoms with Crippen molar-refractivity contribution in [3.8, 4) is 50.2 Å². The third kappa shape index (κ3) is 6.76. The number of fused-ring (bicyclic) bond motifs is 7. The van der Waals surface area contributed by atoms with Crippen LogP contribution in [0.25, 0.3) is 105 Å². The molecule has 11 aromatic carbocycles. The Morgan fingerprint density at radius 1 is 0.299 bits per heavy atom. The molecule has 0 aliphatic carbocycles. The molecular weight excluding hydrogens is 813 g/mol. The van der Waals surface area contributed by atoms with Gasteiger partial charge in [-0.25, -0.2) is 0 Å². The monoisotopic (exact) mass is 854 g/mol. The van der Waals surface area contributed by atoms with E-state index in [0.29, 0.717) is 0 Å². The highest BCUT2D eigenvalue weighted by Gasteiger charge is 2.20. The van der Waals surface area contributed by atoms with Crippen LogP contribution < -0.4 is 4.90 Å². The van der Waals surface area contributed by atoms with Gasteiger partial charge >= 0.3 is 0 Å². The zero-order chi connectivity index (χ0) is 44.3. The van der Waals surface area contributed by atoms with Crippen LogP contribution in [0, 0.1) is 0 Å². The van der Waals surface area contributed by atoms with Gasteiger partial charge in [-0.05, 0) is 128 Å². The van der Waals surface area contributed by atoms with Gasteiger partial charge in [-0.1, -0.05) is 182 Å². The molecule has 3 heteroatoms. The predicted octanol–water partition coefficient (Wildman–Crippen LogP) is 18.0. The van der Waals surface area contributed by atoms with Gasteiger partial charge in [0.05, 0.1) is 16.7 Å². The fourth-order valence-corrected chi connectivity index (χ4v) is 10.1. The van der Waals surface area contributed by atoms with Gasteiger partial charge in [-0.2, -0.15) is 0 Å². The summed E-state index contributed by atoms with van der Waals surface area (Å²) in [4.78, 5) is 2.32. The van der Waals surface area contributed by atoms with Crippen LogP contribution in [0.5, 0.6) is 0 Å². The lowest BCUT2D eigenvalue weighted by atomic mass is 9.97. The van der Waals surface area contributed by atoms with Gasteiger partial charge in [0.2, 0.25) is 0 Å². The zero-order valence-electron chi connectivity index (χ0n) is 36.6. The quantitative estimate of drug-likeness (QED) is 0.152. The molecule has 0 radical (unpaired) electrons. The standard InChI is InChI=1S/C64H42N2O/c1-2-13-48-41-52(31-30-43(48)12-1)50-15-9-14-49(40-50)47-34-38-54(39-35-47)65(62-24-11-21-59-58-20-5-8-25-63(58)67-64(59)62)53-36-32-45(33-37-53)44-26-28-46(29-27-44)51-16-10-17-55(42-51)66-60-22-6-3-18-56(60)57-19-4-7-23-61(57)66/h1-42H. The second kappa shape index (κ2) is 16.0. The number of hydrogen-bond acceptors (Lipinski definition) is 2. The highest BCUT2D eigenvalue weighted by Crippen LogP contribution is 2.43. The van der Waals surface area contributed by atoms with Crippen molar-refractivity contribution in [3.63, 3.8) is 0 Å². The molecule has 3 nitrogen and oxygen atoms in total. The van der Waals surface area contributed by atoms with E-state index in [1.54, 1.807) is 0 Å². The van der Waals surface area contributed by atoms with Gasteiger partial charge in [0.15, 0.2) is 5.58 Å². The molecule has 0 atom stereocenters. The maximum Gasteiger partial charge on any atom is 0.159 e. The smallest absolute Gasteiger partial charge is 0.159 e. The van der Waals surface area contributed by atoms with Gasteiger partial charge in [0.25, 0.3) is 0 Å². The van der Waals surface area contributed by atoms with Crippen molar-refractivity contribution < 1.29 is 4.42 Å². The first-order valence-corrected chi connectivity index (χ1v) is 22.9. The van der Waals surface area contributed by atoms with Crippen molar-refractivity contribution in [1.29, 1.82) is 0 Å². The van der Waals surface area contributed by atoms with Crippen LogP contribution in [0.3, 0.4) is 0 Å². The van der Waals surface area contributed by atoms with Gasteiger partial charge < -0.3 is 13.9 Å². The fourth-order valence-electron chi connectivity index (χ4n) is 10.1. The van der Waals surface area contributed by atoms with E-state index in [0.717, 1.165) is 61.4 Å². The third-order valence-corrected chi connectivity index (χ3v) is 13.4. The Labute approximate surface area is 388 Å². The van der Waals surface area contributed by atoms with Gasteiger partial charge in [0.1, 0.15) is 5.58 Å². The van der Waals surface area contributed by atoms with Crippen molar-refractivity contribution >= 4 is 71.6 Å². The van der Waals surface area contributed by atoms with Gasteiger partial charge in [-0.15, -0.1) is 0 Å². The van der Waals surface area contributed by atoms with Crippen molar-refractivity contribution in [2.45, 2.75) is 0 Å². The molecule has 314 valence electrons. The van der Waals surface area contributed by atoms with Crippen LogP contribution in [-0.2, 0) is 0 Å². The Morgan fingerprint density at radius 3 is 1.43 bits per heavy atom. The number of rotatable bonds is 8. The molecular formula is C64H42N2O. The lowest BCUT2D eigenvalue weighted by Gasteiger charge is -2.26. The second-order valence-electron chi connectivity index (χ2n) is 17.3. The first kappa shape index (κ1) is 38.5. The topological polar surface area (TPSA) is 21.3 Å². The summed E-state index contributed by atoms with van der Waals surface area (Å²) in [6, 6.07) is 91.8. The maximum absolute atomic E-state index is 6.65. The molecule has 0 fully saturated rings. The maximum atomic E-state index is 6.65. The first-order chi connectivity index (χ1) is 33.2. The Hall–Kier alpha value is -8.92. The molecule has 0 unspecified atom stereocenters. The van der Waals surface area contributed by atoms with Crippen LogP contribution in [0.15, 0.2) is 259 Å². The summed E-state index contributed by atoms with van der Waals surface area (Å²) in [6.07, 6.45) is 0. The first-order valence-electron chi connectivity index (χ1n) is 22.9. The van der Waals surface area contributed by atoms with Crippen molar-refractivity contribution in [2.75, 3.05) is 4.90 Å². The molecule has 0 amide bonds. The van der Waals surface area contributed by atoms with Crippen LogP contribution in [0.1, 0.15) is 0 Å². The number of benzene rings is 11. The average molecular weight is 855 g/mol. The molecule has 2 aromatic heterocycles. The summed E-state index contributed by atoms with van der Waals surface area (Å²) in [5, 5.41) is 7.23. The van der Waals surface area contributed by atoms with Crippen molar-refractivity contribution in [2.24, 2.45) is 0 Å². The third-order valence-electron chi connectivity index (χ3n) is 13.4. The number of anilines is 3. The van der Waals surface area contributed by atoms with Crippen molar-refractivity contribution in [1.82, 2.24) is 4.57 Å². The van der Waals surface area contributed by atoms with Crippen LogP contribution in [-0.4, -0.2) is 4.57 Å². The summed E-state index contributed by atoms with van der Waals surface area (Å²) >= 11 is 0. The predicted molar refractivity (Wildman–Crippen MR) is 282 cm³/mol. The summed E-state index contributed by atoms with van der Waals surface area (Å²) in [5.74, 6) is 0. The molecule has 2 heterocycles. The zero-order valence-corrected chi connectivity index (χ0v) is 36.6. The molecule has 0 spiro atoms. The van der Waals surface area contributed by atoms with Crippen LogP contribution >= 0.6 is 0 Å². The molecule has 67 heavy (non-hydrogen) atoms. The second-order valence-corrected chi connectivity index (χ2v) is 17.3. The van der Waals surface area contributed by atoms with Gasteiger partial charge in [-0.3, -0.25) is 0 Å². The van der Waals surface area contributed by atoms with E-state index in [9.17, 15) is 0 Å². The summed E-state index contributed by atoms with van der Waals surface area (Å²) in [7, 11) is 0. The molecule has 0 aliphatic rings. The Bertz CT molecular complexity index is 3920. The number of para-hydroxylation sites is 4. The molecule has 0 aliphatic heterocycles. The van der Waals surface area contributed by atoms with Crippen LogP contribution in [0.2, 0.25) is 0 Å². The summed E-state index contributed by atoms with van der Waals surface area (Å²) in [6.45, 7) is 0. The van der Waals surface area contributed by atoms with E-state index in [-0.39, 0.29) is 0 Å². The Kier molecular flexibility index (Phi) is 9.17. The molecule has 0 bridgehead atoms. The minimum atomic E-state index is 0.859. The van der Waals surface area contributed by atoms with E-state index in [1.165, 1.54) is 60.4 Å². The van der Waals surface area contributed by atoms with Gasteiger partial charge in [0, 0.05) is 38.6 Å². The molecule has 0 saturated carbocycles. The molecule has 13 rings (SSSR count). The minimum Gasteiger partial charge on any atom is -0.454 e. The molecule has 0 N–H and O–H groups in total. The van der Waals surface area contributed by atoms with E-state index in [1.807, 2.05) is 12.1 Å². The molecule has 0 saturated heterocycles. The van der Waals surface area contributed by atoms with Crippen molar-refractivity contribution in [3.05, 3.63) is 255 Å². The number of nitrogens with zero attached hydrogens (tertiary/aromatic N) is 2. The lowest BCUT2D eigenvalue weighted by molar-refractivity contribution is 0.669. The summed E-state index contributed by atoms with van der Waals surface area (Å²) < 4.78 is 9.02. The number of aromatic nitrogens is 1. The molecule has 13 aromatic rings. The number of furan rings is 1. The minimum absolute atomic E-state index is 0.859. The highest BCUT2D eigenvalue weighted by atomic mass is 16.3. The highest BCUT2D eigenvalue weighted by molar-refractivity contribution is 6.11. The fraction of sp³-hybridized carbons (Fsp3) is 0. The van der Waals surface area contributed by atoms with E-state index >= 15 is 0 Å². The van der Waals surface area contributed by atoms with E-state index in [4.69, 9.17) is 4.42 Å². The summed E-state index contributed by atoms with van der Waals surface area (Å²) in [5.41, 5.74) is 17.8. The Balaban J connectivity index is 0.833. The Morgan fingerprint density at radius 2 is 0.761 bits per heavy atom. The normalized spacial score (nSPS) is 11.6. The van der Waals surface area contributed by atoms with E-state index < -0.39 is 0 Å². The lowest BCUT2D eigenvalue weighted by Crippen LogP contribution is -2.10.